The molecule has 0 aliphatic carbocycles. The molecule has 16 heavy (non-hydrogen) atoms. The Morgan fingerprint density at radius 3 is 1.94 bits per heavy atom. The predicted molar refractivity (Wildman–Crippen MR) is 71.7 cm³/mol. The number of rotatable bonds is 4. The fraction of sp³-hybridized carbons (Fsp3) is 0.769. The Hall–Kier alpha value is -0.593. The van der Waals surface area contributed by atoms with Gasteiger partial charge >= 0.3 is 0 Å². The van der Waals surface area contributed by atoms with Crippen LogP contribution in [0.3, 0.4) is 0 Å². The second-order valence-corrected chi connectivity index (χ2v) is 11.2. The molecule has 92 valence electrons. The van der Waals surface area contributed by atoms with E-state index in [4.69, 9.17) is 4.43 Å². The van der Waals surface area contributed by atoms with Crippen molar-refractivity contribution in [3.05, 3.63) is 12.7 Å². The minimum absolute atomic E-state index is 0.124. The van der Waals surface area contributed by atoms with Crippen LogP contribution in [0.4, 0.5) is 0 Å². The van der Waals surface area contributed by atoms with E-state index in [-0.39, 0.29) is 10.5 Å². The molecule has 0 aromatic carbocycles. The smallest absolute Gasteiger partial charge is 0.193 e. The molecule has 0 unspecified atom stereocenters. The van der Waals surface area contributed by atoms with Gasteiger partial charge in [-0.2, -0.15) is 5.26 Å². The van der Waals surface area contributed by atoms with E-state index in [1.165, 1.54) is 0 Å². The molecule has 3 heteroatoms. The Morgan fingerprint density at radius 2 is 1.69 bits per heavy atom. The highest BCUT2D eigenvalue weighted by atomic mass is 28.4. The maximum Gasteiger partial charge on any atom is 0.193 e. The van der Waals surface area contributed by atoms with Gasteiger partial charge in [-0.25, -0.2) is 0 Å². The molecular weight excluding hydrogens is 214 g/mol. The Kier molecular flexibility index (Phi) is 4.55. The third kappa shape index (κ3) is 3.46. The van der Waals surface area contributed by atoms with E-state index in [0.29, 0.717) is 0 Å². The molecule has 0 aliphatic heterocycles. The molecule has 0 radical (unpaired) electrons. The van der Waals surface area contributed by atoms with Crippen molar-refractivity contribution in [2.24, 2.45) is 5.41 Å². The monoisotopic (exact) mass is 239 g/mol. The zero-order valence-corrected chi connectivity index (χ0v) is 12.7. The lowest BCUT2D eigenvalue weighted by molar-refractivity contribution is 0.140. The number of hydrogen-bond acceptors (Lipinski definition) is 2. The molecule has 0 rings (SSSR count). The van der Waals surface area contributed by atoms with Crippen molar-refractivity contribution >= 4 is 8.32 Å². The van der Waals surface area contributed by atoms with Gasteiger partial charge in [-0.15, -0.1) is 6.58 Å². The van der Waals surface area contributed by atoms with E-state index in [0.717, 1.165) is 0 Å². The van der Waals surface area contributed by atoms with Gasteiger partial charge in [0.25, 0.3) is 0 Å². The average molecular weight is 239 g/mol. The van der Waals surface area contributed by atoms with Gasteiger partial charge in [0.05, 0.1) is 6.07 Å². The first kappa shape index (κ1) is 15.4. The summed E-state index contributed by atoms with van der Waals surface area (Å²) in [5.41, 5.74) is -0.301. The molecule has 0 spiro atoms. The SMILES string of the molecule is C=CC(C)(C)[C@H](C#N)O[Si](C)(C)C(C)(C)C. The quantitative estimate of drug-likeness (QED) is 0.546. The molecule has 0 amide bonds. The van der Waals surface area contributed by atoms with Crippen LogP contribution in [0.1, 0.15) is 34.6 Å². The molecule has 0 aromatic heterocycles. The van der Waals surface area contributed by atoms with Gasteiger partial charge in [0.2, 0.25) is 0 Å². The lowest BCUT2D eigenvalue weighted by Crippen LogP contribution is -2.47. The molecular formula is C13H25NOSi. The van der Waals surface area contributed by atoms with Crippen molar-refractivity contribution in [2.45, 2.75) is 58.9 Å². The zero-order chi connectivity index (χ0) is 13.2. The molecule has 0 N–H and O–H groups in total. The lowest BCUT2D eigenvalue weighted by Gasteiger charge is -2.40. The van der Waals surface area contributed by atoms with E-state index in [1.54, 1.807) is 6.08 Å². The molecule has 0 saturated heterocycles. The van der Waals surface area contributed by atoms with Crippen molar-refractivity contribution in [3.8, 4) is 6.07 Å². The van der Waals surface area contributed by atoms with Crippen LogP contribution < -0.4 is 0 Å². The summed E-state index contributed by atoms with van der Waals surface area (Å²) in [6, 6.07) is 2.26. The van der Waals surface area contributed by atoms with Gasteiger partial charge in [0.1, 0.15) is 6.10 Å². The molecule has 0 aliphatic rings. The van der Waals surface area contributed by atoms with Gasteiger partial charge in [-0.05, 0) is 18.1 Å². The standard InChI is InChI=1S/C13H25NOSi/c1-9-13(5,6)11(10-14)15-16(7,8)12(2,3)4/h9,11H,1H2,2-8H3/t11-/m0/s1. The first-order chi connectivity index (χ1) is 6.98. The Labute approximate surface area is 101 Å². The summed E-state index contributed by atoms with van der Waals surface area (Å²) in [7, 11) is -1.89. The molecule has 2 nitrogen and oxygen atoms in total. The van der Waals surface area contributed by atoms with E-state index < -0.39 is 14.4 Å². The highest BCUT2D eigenvalue weighted by Gasteiger charge is 2.42. The van der Waals surface area contributed by atoms with Crippen molar-refractivity contribution in [1.82, 2.24) is 0 Å². The van der Waals surface area contributed by atoms with Gasteiger partial charge in [-0.3, -0.25) is 0 Å². The third-order valence-electron chi connectivity index (χ3n) is 3.54. The number of nitriles is 1. The summed E-state index contributed by atoms with van der Waals surface area (Å²) in [6.07, 6.45) is 1.39. The van der Waals surface area contributed by atoms with Crippen molar-refractivity contribution in [1.29, 1.82) is 5.26 Å². The second kappa shape index (κ2) is 4.73. The van der Waals surface area contributed by atoms with Crippen LogP contribution >= 0.6 is 0 Å². The van der Waals surface area contributed by atoms with Crippen molar-refractivity contribution < 1.29 is 4.43 Å². The van der Waals surface area contributed by atoms with Gasteiger partial charge < -0.3 is 4.43 Å². The van der Waals surface area contributed by atoms with E-state index in [9.17, 15) is 5.26 Å². The molecule has 0 saturated carbocycles. The molecule has 0 aromatic rings. The Balaban J connectivity index is 4.97. The summed E-state index contributed by atoms with van der Waals surface area (Å²) in [6.45, 7) is 18.6. The fourth-order valence-corrected chi connectivity index (χ4v) is 2.22. The summed E-state index contributed by atoms with van der Waals surface area (Å²) < 4.78 is 6.11. The highest BCUT2D eigenvalue weighted by Crippen LogP contribution is 2.39. The highest BCUT2D eigenvalue weighted by molar-refractivity contribution is 6.74. The van der Waals surface area contributed by atoms with Crippen LogP contribution in [0.25, 0.3) is 0 Å². The molecule has 1 atom stereocenters. The van der Waals surface area contributed by atoms with Crippen LogP contribution in [0.5, 0.6) is 0 Å². The minimum atomic E-state index is -1.89. The lowest BCUT2D eigenvalue weighted by atomic mass is 9.88. The average Bonchev–Trinajstić information content (AvgIpc) is 2.12. The molecule has 0 heterocycles. The normalized spacial score (nSPS) is 15.4. The molecule has 0 fully saturated rings. The maximum atomic E-state index is 9.22. The van der Waals surface area contributed by atoms with Crippen LogP contribution in [-0.4, -0.2) is 14.4 Å². The summed E-state index contributed by atoms with van der Waals surface area (Å²) in [5, 5.41) is 9.35. The maximum absolute atomic E-state index is 9.22. The topological polar surface area (TPSA) is 33.0 Å². The second-order valence-electron chi connectivity index (χ2n) is 6.41. The Morgan fingerprint density at radius 1 is 1.25 bits per heavy atom. The van der Waals surface area contributed by atoms with Gasteiger partial charge in [-0.1, -0.05) is 40.7 Å². The first-order valence-corrected chi connectivity index (χ1v) is 8.60. The number of nitrogens with zero attached hydrogens (tertiary/aromatic N) is 1. The van der Waals surface area contributed by atoms with Crippen LogP contribution in [-0.2, 0) is 4.43 Å². The predicted octanol–water partition coefficient (Wildman–Crippen LogP) is 4.11. The third-order valence-corrected chi connectivity index (χ3v) is 7.98. The van der Waals surface area contributed by atoms with Crippen LogP contribution in [0, 0.1) is 16.7 Å². The van der Waals surface area contributed by atoms with Crippen LogP contribution in [0.15, 0.2) is 12.7 Å². The summed E-state index contributed by atoms with van der Waals surface area (Å²) >= 11 is 0. The Bertz CT molecular complexity index is 294. The van der Waals surface area contributed by atoms with Gasteiger partial charge in [0.15, 0.2) is 8.32 Å². The van der Waals surface area contributed by atoms with E-state index >= 15 is 0 Å². The summed E-state index contributed by atoms with van der Waals surface area (Å²) in [5.74, 6) is 0. The first-order valence-electron chi connectivity index (χ1n) is 5.69. The van der Waals surface area contributed by atoms with Gasteiger partial charge in [0, 0.05) is 5.41 Å². The number of hydrogen-bond donors (Lipinski definition) is 0. The fourth-order valence-electron chi connectivity index (χ4n) is 0.923. The largest absolute Gasteiger partial charge is 0.401 e. The van der Waals surface area contributed by atoms with E-state index in [1.807, 2.05) is 13.8 Å². The van der Waals surface area contributed by atoms with E-state index in [2.05, 4.69) is 46.5 Å². The summed E-state index contributed by atoms with van der Waals surface area (Å²) in [4.78, 5) is 0. The van der Waals surface area contributed by atoms with Crippen LogP contribution in [0.2, 0.25) is 18.1 Å². The molecule has 0 bridgehead atoms. The van der Waals surface area contributed by atoms with Crippen molar-refractivity contribution in [2.75, 3.05) is 0 Å². The van der Waals surface area contributed by atoms with Crippen molar-refractivity contribution in [3.63, 3.8) is 0 Å². The minimum Gasteiger partial charge on any atom is -0.401 e. The zero-order valence-electron chi connectivity index (χ0n) is 11.7.